The maximum Gasteiger partial charge on any atom is 0.348 e. The Morgan fingerprint density at radius 3 is 2.12 bits per heavy atom. The molecule has 0 aromatic carbocycles. The first-order valence-electron chi connectivity index (χ1n) is 19.2. The highest BCUT2D eigenvalue weighted by molar-refractivity contribution is 5.85. The Morgan fingerprint density at radius 2 is 1.55 bits per heavy atom. The lowest BCUT2D eigenvalue weighted by Gasteiger charge is -2.77. The summed E-state index contributed by atoms with van der Waals surface area (Å²) in [6.07, 6.45) is -11.3. The van der Waals surface area contributed by atoms with Crippen molar-refractivity contribution in [3.05, 3.63) is 24.2 Å². The van der Waals surface area contributed by atoms with Gasteiger partial charge in [-0.3, -0.25) is 19.2 Å². The van der Waals surface area contributed by atoms with Gasteiger partial charge in [0.25, 0.3) is 5.97 Å². The van der Waals surface area contributed by atoms with Gasteiger partial charge in [0.05, 0.1) is 42.5 Å². The van der Waals surface area contributed by atoms with Crippen LogP contribution in [0.15, 0.2) is 23.0 Å². The third-order valence-electron chi connectivity index (χ3n) is 15.3. The molecule has 0 radical (unpaired) electrons. The zero-order valence-corrected chi connectivity index (χ0v) is 33.2. The van der Waals surface area contributed by atoms with Crippen molar-refractivity contribution >= 4 is 35.8 Å². The number of esters is 6. The van der Waals surface area contributed by atoms with Crippen LogP contribution in [0.1, 0.15) is 79.9 Å². The molecule has 5 aliphatic carbocycles. The Hall–Kier alpha value is -4.14. The van der Waals surface area contributed by atoms with Crippen LogP contribution in [0.25, 0.3) is 0 Å². The second-order valence-corrected chi connectivity index (χ2v) is 18.1. The van der Waals surface area contributed by atoms with Crippen LogP contribution in [-0.4, -0.2) is 123 Å². The number of methoxy groups -OCH3 is 1. The summed E-state index contributed by atoms with van der Waals surface area (Å²) in [5.74, 6) is -10.7. The molecule has 0 amide bonds. The van der Waals surface area contributed by atoms with Crippen molar-refractivity contribution in [2.75, 3.05) is 7.11 Å². The second-order valence-electron chi connectivity index (χ2n) is 18.1. The van der Waals surface area contributed by atoms with E-state index in [4.69, 9.17) is 47.0 Å². The average Bonchev–Trinajstić information content (AvgIpc) is 3.48. The van der Waals surface area contributed by atoms with Crippen LogP contribution in [0.3, 0.4) is 0 Å². The number of cyclic esters (lactones) is 1. The van der Waals surface area contributed by atoms with Crippen molar-refractivity contribution < 1.29 is 91.1 Å². The summed E-state index contributed by atoms with van der Waals surface area (Å²) in [6, 6.07) is 1.48. The predicted octanol–water partition coefficient (Wildman–Crippen LogP) is 0.283. The number of carbonyl (C=O) groups is 6. The Balaban J connectivity index is 1.45. The SMILES string of the molecule is COC(=O)[C@H](OC(C)=O)[C@H]1[C@]2(C)C[C@]3(O)[C@@](OC(=O)C(C)C)([C@H]4OC5(C)O[C@@]6([C@H](O)[C@H](O)[C@]78C[C@]7([C@@H](OC(C)=O)C(=O)O[C@H]8c7ccoc7)[C@@]46O5)[C@]13C)[C@H]2OC(C)=O. The van der Waals surface area contributed by atoms with E-state index in [0.717, 1.165) is 27.9 Å². The molecule has 316 valence electrons. The molecule has 3 aliphatic heterocycles. The first-order chi connectivity index (χ1) is 26.9. The minimum atomic E-state index is -2.60. The van der Waals surface area contributed by atoms with E-state index < -0.39 is 147 Å². The van der Waals surface area contributed by atoms with E-state index in [-0.39, 0.29) is 12.0 Å². The van der Waals surface area contributed by atoms with Crippen LogP contribution in [0.2, 0.25) is 0 Å². The van der Waals surface area contributed by atoms with Crippen LogP contribution in [0.4, 0.5) is 0 Å². The molecule has 3 saturated heterocycles. The number of rotatable bonds is 8. The highest BCUT2D eigenvalue weighted by Gasteiger charge is 3.11. The van der Waals surface area contributed by atoms with Crippen LogP contribution in [0.5, 0.6) is 0 Å². The molecule has 58 heavy (non-hydrogen) atoms. The minimum Gasteiger partial charge on any atom is -0.472 e. The van der Waals surface area contributed by atoms with Crippen LogP contribution in [-0.2, 0) is 71.4 Å². The van der Waals surface area contributed by atoms with Crippen molar-refractivity contribution in [3.8, 4) is 0 Å². The van der Waals surface area contributed by atoms with Gasteiger partial charge in [0.15, 0.2) is 6.10 Å². The van der Waals surface area contributed by atoms with Crippen molar-refractivity contribution in [3.63, 3.8) is 0 Å². The van der Waals surface area contributed by atoms with Crippen LogP contribution in [0, 0.1) is 33.5 Å². The number of ether oxygens (including phenoxy) is 9. The number of hydrogen-bond donors (Lipinski definition) is 3. The zero-order chi connectivity index (χ0) is 42.3. The summed E-state index contributed by atoms with van der Waals surface area (Å²) in [5, 5.41) is 40.1. The number of hydrogen-bond acceptors (Lipinski definition) is 19. The number of furan rings is 1. The van der Waals surface area contributed by atoms with E-state index in [1.165, 1.54) is 53.2 Å². The van der Waals surface area contributed by atoms with Crippen LogP contribution >= 0.6 is 0 Å². The summed E-state index contributed by atoms with van der Waals surface area (Å²) in [7, 11) is 1.04. The molecule has 1 aromatic rings. The fourth-order valence-corrected chi connectivity index (χ4v) is 14.1. The number of aliphatic hydroxyl groups excluding tert-OH is 2. The first kappa shape index (κ1) is 39.3. The number of fused-ring (bicyclic) bond motifs is 3. The van der Waals surface area contributed by atoms with Gasteiger partial charge < -0.3 is 62.4 Å². The van der Waals surface area contributed by atoms with Crippen molar-refractivity contribution in [1.82, 2.24) is 0 Å². The molecule has 3 N–H and O–H groups in total. The standard InChI is InChI=1S/C39H46O19/c1-15(2)26(45)55-37-29(53-18(5)42)31(6)13-36(37,48)32(7,21(31)20(27(46)49-9)51-16(3)40)38-23(44)22(43)34-14-35(34,39(38)30(37)56-33(8,57-38)58-39)25(52-17(4)41)28(47)54-24(34)19-10-11-50-12-19/h10-12,15,20-25,29-30,43-44,48H,13-14H2,1-9H3/t20-,21+,22+,23-,24+,25+,29+,30-,31+,32-,33?,34+,35-,36-,37+,38+,39+/m1/s1. The summed E-state index contributed by atoms with van der Waals surface area (Å²) in [6.45, 7) is 10.5. The lowest BCUT2D eigenvalue weighted by Crippen LogP contribution is -2.97. The smallest absolute Gasteiger partial charge is 0.348 e. The van der Waals surface area contributed by atoms with Gasteiger partial charge in [-0.15, -0.1) is 0 Å². The van der Waals surface area contributed by atoms with Gasteiger partial charge in [-0.25, -0.2) is 9.59 Å². The van der Waals surface area contributed by atoms with Gasteiger partial charge in [0.2, 0.25) is 17.8 Å². The maximum atomic E-state index is 14.5. The quantitative estimate of drug-likeness (QED) is 0.235. The van der Waals surface area contributed by atoms with E-state index in [0.29, 0.717) is 0 Å². The molecule has 8 fully saturated rings. The van der Waals surface area contributed by atoms with E-state index in [1.54, 1.807) is 0 Å². The summed E-state index contributed by atoms with van der Waals surface area (Å²) in [5.41, 5.74) is -17.8. The fourth-order valence-electron chi connectivity index (χ4n) is 14.1. The van der Waals surface area contributed by atoms with E-state index in [2.05, 4.69) is 0 Å². The Bertz CT molecular complexity index is 2070. The van der Waals surface area contributed by atoms with Gasteiger partial charge in [-0.1, -0.05) is 27.7 Å². The zero-order valence-electron chi connectivity index (χ0n) is 33.2. The number of carbonyl (C=O) groups excluding carboxylic acids is 6. The molecular weight excluding hydrogens is 772 g/mol. The van der Waals surface area contributed by atoms with Gasteiger partial charge >= 0.3 is 35.8 Å². The molecule has 4 heterocycles. The summed E-state index contributed by atoms with van der Waals surface area (Å²) < 4.78 is 61.5. The predicted molar refractivity (Wildman–Crippen MR) is 182 cm³/mol. The molecule has 9 rings (SSSR count). The van der Waals surface area contributed by atoms with Crippen molar-refractivity contribution in [1.29, 1.82) is 0 Å². The minimum absolute atomic E-state index is 0.248. The molecule has 8 aliphatic rings. The highest BCUT2D eigenvalue weighted by atomic mass is 17.0. The third-order valence-corrected chi connectivity index (χ3v) is 15.3. The topological polar surface area (TPSA) is 259 Å². The summed E-state index contributed by atoms with van der Waals surface area (Å²) >= 11 is 0. The monoisotopic (exact) mass is 818 g/mol. The first-order valence-corrected chi connectivity index (χ1v) is 19.2. The highest BCUT2D eigenvalue weighted by Crippen LogP contribution is 2.95. The van der Waals surface area contributed by atoms with Gasteiger partial charge in [-0.2, -0.15) is 0 Å². The Morgan fingerprint density at radius 1 is 0.897 bits per heavy atom. The van der Waals surface area contributed by atoms with Crippen molar-refractivity contribution in [2.24, 2.45) is 33.5 Å². The molecule has 19 heteroatoms. The fraction of sp³-hybridized carbons (Fsp3) is 0.744. The molecule has 17 atom stereocenters. The Labute approximate surface area is 330 Å². The van der Waals surface area contributed by atoms with E-state index in [9.17, 15) is 44.1 Å². The largest absolute Gasteiger partial charge is 0.472 e. The second kappa shape index (κ2) is 11.2. The van der Waals surface area contributed by atoms with Gasteiger partial charge in [0.1, 0.15) is 35.1 Å². The normalized spacial score (nSPS) is 51.1. The van der Waals surface area contributed by atoms with E-state index in [1.807, 2.05) is 0 Å². The molecule has 5 saturated carbocycles. The third kappa shape index (κ3) is 3.68. The van der Waals surface area contributed by atoms with E-state index >= 15 is 0 Å². The number of aliphatic hydroxyl groups is 3. The maximum absolute atomic E-state index is 14.5. The molecule has 1 aromatic heterocycles. The molecule has 19 nitrogen and oxygen atoms in total. The lowest BCUT2D eigenvalue weighted by atomic mass is 9.33. The molecule has 1 unspecified atom stereocenters. The summed E-state index contributed by atoms with van der Waals surface area (Å²) in [4.78, 5) is 82.1. The van der Waals surface area contributed by atoms with Crippen molar-refractivity contribution in [2.45, 2.75) is 139 Å². The van der Waals surface area contributed by atoms with Gasteiger partial charge in [-0.05, 0) is 18.9 Å². The average molecular weight is 819 g/mol. The lowest BCUT2D eigenvalue weighted by molar-refractivity contribution is -0.472. The Kier molecular flexibility index (Phi) is 7.57. The van der Waals surface area contributed by atoms with Crippen LogP contribution < -0.4 is 0 Å². The molecule has 4 bridgehead atoms. The molecule has 1 spiro atoms. The molecular formula is C39H46O19. The van der Waals surface area contributed by atoms with Gasteiger partial charge in [0, 0.05) is 50.0 Å².